The maximum Gasteiger partial charge on any atom is 0.326 e. The highest BCUT2D eigenvalue weighted by Crippen LogP contribution is 2.49. The molecule has 0 amide bonds. The zero-order valence-electron chi connectivity index (χ0n) is 21.5. The molecule has 0 atom stereocenters. The second-order valence-corrected chi connectivity index (χ2v) is 15.7. The average Bonchev–Trinajstić information content (AvgIpc) is 3.66. The molecule has 1 aliphatic rings. The first-order valence-corrected chi connectivity index (χ1v) is 18.3. The summed E-state index contributed by atoms with van der Waals surface area (Å²) in [5.74, 6) is -1.36. The molecule has 2 N–H and O–H groups in total. The van der Waals surface area contributed by atoms with E-state index in [0.717, 1.165) is 41.6 Å². The number of fused-ring (bicyclic) bond motifs is 6. The van der Waals surface area contributed by atoms with Crippen molar-refractivity contribution in [1.82, 2.24) is 0 Å². The molecule has 1 aliphatic heterocycles. The lowest BCUT2D eigenvalue weighted by Crippen LogP contribution is -2.39. The van der Waals surface area contributed by atoms with Gasteiger partial charge in [-0.15, -0.1) is 11.3 Å². The second-order valence-electron chi connectivity index (χ2n) is 9.76. The summed E-state index contributed by atoms with van der Waals surface area (Å²) in [6.07, 6.45) is 1.71. The van der Waals surface area contributed by atoms with E-state index in [1.807, 2.05) is 84.2 Å². The minimum atomic E-state index is -4.45. The highest BCUT2D eigenvalue weighted by Gasteiger charge is 2.32. The number of benzene rings is 4. The summed E-state index contributed by atoms with van der Waals surface area (Å²) in [6.45, 7) is 0. The SMILES string of the molecule is O=S(=O)(O)CN1C(=Cc2sc3ccc4c5ccccc5ccc4c3[n+]2CS(=O)(=O)O)Sc2ccc(-c3cccs3)cc21. The normalized spacial score (nSPS) is 14.9. The number of rotatable bonds is 6. The molecule has 0 aliphatic carbocycles. The van der Waals surface area contributed by atoms with Crippen molar-refractivity contribution < 1.29 is 30.5 Å². The summed E-state index contributed by atoms with van der Waals surface area (Å²) in [7, 11) is -8.87. The zero-order valence-corrected chi connectivity index (χ0v) is 25.6. The van der Waals surface area contributed by atoms with Crippen molar-refractivity contribution >= 4 is 98.2 Å². The van der Waals surface area contributed by atoms with E-state index >= 15 is 0 Å². The Kier molecular flexibility index (Phi) is 6.66. The van der Waals surface area contributed by atoms with Crippen molar-refractivity contribution in [2.45, 2.75) is 10.8 Å². The standard InChI is InChI=1S/C29H20N2O6S5/c32-41(33,34)16-30-23-14-19(24-6-3-13-38-24)8-11-25(23)39-27(30)15-28-31(17-42(35,36)37)29-22-9-7-18-4-1-2-5-20(18)21(22)10-12-26(29)40-28/h1-15H,16-17H2,(H-,32,33,34,35,36,37)/p+1. The number of aromatic nitrogens is 1. The van der Waals surface area contributed by atoms with Gasteiger partial charge in [0.15, 0.2) is 5.88 Å². The third-order valence-corrected chi connectivity index (χ3v) is 11.3. The number of thiazole rings is 1. The molecule has 0 unspecified atom stereocenters. The lowest BCUT2D eigenvalue weighted by Gasteiger charge is -2.18. The molecular formula is C29H21N2O6S5+. The van der Waals surface area contributed by atoms with Crippen molar-refractivity contribution in [2.24, 2.45) is 0 Å². The van der Waals surface area contributed by atoms with Crippen molar-refractivity contribution in [3.63, 3.8) is 0 Å². The van der Waals surface area contributed by atoms with Crippen LogP contribution in [0.4, 0.5) is 5.69 Å². The van der Waals surface area contributed by atoms with Crippen molar-refractivity contribution in [3.05, 3.63) is 94.3 Å². The number of thioether (sulfide) groups is 1. The van der Waals surface area contributed by atoms with Gasteiger partial charge in [-0.2, -0.15) is 21.4 Å². The van der Waals surface area contributed by atoms with Gasteiger partial charge in [0.05, 0.1) is 22.2 Å². The highest BCUT2D eigenvalue weighted by molar-refractivity contribution is 8.04. The van der Waals surface area contributed by atoms with Gasteiger partial charge in [0.25, 0.3) is 21.0 Å². The van der Waals surface area contributed by atoms with Crippen molar-refractivity contribution in [2.75, 3.05) is 10.8 Å². The van der Waals surface area contributed by atoms with Crippen LogP contribution in [0.5, 0.6) is 0 Å². The van der Waals surface area contributed by atoms with E-state index in [-0.39, 0.29) is 0 Å². The molecule has 0 radical (unpaired) electrons. The Balaban J connectivity index is 1.44. The molecule has 0 spiro atoms. The van der Waals surface area contributed by atoms with Crippen LogP contribution in [0.1, 0.15) is 5.01 Å². The van der Waals surface area contributed by atoms with Crippen LogP contribution < -0.4 is 9.47 Å². The topological polar surface area (TPSA) is 116 Å². The van der Waals surface area contributed by atoms with Crippen LogP contribution in [0.25, 0.3) is 48.3 Å². The zero-order chi connectivity index (χ0) is 29.2. The number of hydrogen-bond acceptors (Lipinski definition) is 8. The lowest BCUT2D eigenvalue weighted by atomic mass is 10.0. The van der Waals surface area contributed by atoms with Crippen LogP contribution in [-0.2, 0) is 26.1 Å². The van der Waals surface area contributed by atoms with Crippen LogP contribution in [0, 0.1) is 0 Å². The Hall–Kier alpha value is -3.30. The van der Waals surface area contributed by atoms with Gasteiger partial charge in [-0.3, -0.25) is 9.11 Å². The summed E-state index contributed by atoms with van der Waals surface area (Å²) >= 11 is 4.22. The molecule has 4 aromatic carbocycles. The molecule has 0 fully saturated rings. The molecule has 2 aromatic heterocycles. The molecular weight excluding hydrogens is 633 g/mol. The number of nitrogens with zero attached hydrogens (tertiary/aromatic N) is 2. The van der Waals surface area contributed by atoms with E-state index in [4.69, 9.17) is 0 Å². The van der Waals surface area contributed by atoms with E-state index < -0.39 is 32.0 Å². The van der Waals surface area contributed by atoms with Gasteiger partial charge in [-0.05, 0) is 57.4 Å². The van der Waals surface area contributed by atoms with Gasteiger partial charge in [0.2, 0.25) is 5.52 Å². The monoisotopic (exact) mass is 653 g/mol. The molecule has 3 heterocycles. The number of anilines is 1. The Labute approximate surface area is 253 Å². The highest BCUT2D eigenvalue weighted by atomic mass is 32.2. The minimum Gasteiger partial charge on any atom is -0.317 e. The summed E-state index contributed by atoms with van der Waals surface area (Å²) in [4.78, 5) is 3.33. The Morgan fingerprint density at radius 1 is 0.833 bits per heavy atom. The summed E-state index contributed by atoms with van der Waals surface area (Å²) in [6, 6.07) is 25.4. The predicted molar refractivity (Wildman–Crippen MR) is 171 cm³/mol. The van der Waals surface area contributed by atoms with Gasteiger partial charge in [0.1, 0.15) is 4.70 Å². The van der Waals surface area contributed by atoms with Gasteiger partial charge in [-0.1, -0.05) is 71.6 Å². The van der Waals surface area contributed by atoms with Crippen molar-refractivity contribution in [3.8, 4) is 10.4 Å². The first-order valence-electron chi connectivity index (χ1n) is 12.6. The maximum absolute atomic E-state index is 12.3. The second kappa shape index (κ2) is 10.2. The smallest absolute Gasteiger partial charge is 0.317 e. The predicted octanol–water partition coefficient (Wildman–Crippen LogP) is 6.83. The first kappa shape index (κ1) is 27.5. The van der Waals surface area contributed by atoms with E-state index in [9.17, 15) is 25.9 Å². The van der Waals surface area contributed by atoms with E-state index in [2.05, 4.69) is 0 Å². The fourth-order valence-corrected chi connectivity index (χ4v) is 9.65. The number of thiophene rings is 1. The van der Waals surface area contributed by atoms with Gasteiger partial charge in [0, 0.05) is 9.77 Å². The van der Waals surface area contributed by atoms with Crippen LogP contribution in [0.3, 0.4) is 0 Å². The van der Waals surface area contributed by atoms with Gasteiger partial charge >= 0.3 is 10.1 Å². The fraction of sp³-hybridized carbons (Fsp3) is 0.0690. The lowest BCUT2D eigenvalue weighted by molar-refractivity contribution is -0.648. The molecule has 6 aromatic rings. The minimum absolute atomic E-state index is 0.497. The molecule has 0 bridgehead atoms. The molecule has 0 saturated carbocycles. The van der Waals surface area contributed by atoms with E-state index in [0.29, 0.717) is 21.2 Å². The maximum atomic E-state index is 12.3. The summed E-state index contributed by atoms with van der Waals surface area (Å²) < 4.78 is 70.9. The van der Waals surface area contributed by atoms with Crippen LogP contribution in [0.2, 0.25) is 0 Å². The Morgan fingerprint density at radius 2 is 1.64 bits per heavy atom. The van der Waals surface area contributed by atoms with Gasteiger partial charge < -0.3 is 4.90 Å². The Bertz CT molecular complexity index is 2290. The molecule has 7 rings (SSSR count). The quantitative estimate of drug-likeness (QED) is 0.114. The van der Waals surface area contributed by atoms with Crippen LogP contribution in [-0.4, -0.2) is 31.8 Å². The van der Waals surface area contributed by atoms with E-state index in [1.54, 1.807) is 22.0 Å². The molecule has 42 heavy (non-hydrogen) atoms. The third kappa shape index (κ3) is 5.11. The first-order chi connectivity index (χ1) is 20.0. The fourth-order valence-electron chi connectivity index (χ4n) is 5.30. The van der Waals surface area contributed by atoms with Crippen molar-refractivity contribution in [1.29, 1.82) is 0 Å². The van der Waals surface area contributed by atoms with Crippen LogP contribution in [0.15, 0.2) is 94.2 Å². The Morgan fingerprint density at radius 3 is 2.40 bits per heavy atom. The third-order valence-electron chi connectivity index (χ3n) is 6.98. The number of hydrogen-bond donors (Lipinski definition) is 2. The van der Waals surface area contributed by atoms with Gasteiger partial charge in [-0.25, -0.2) is 0 Å². The molecule has 212 valence electrons. The van der Waals surface area contributed by atoms with Crippen LogP contribution >= 0.6 is 34.4 Å². The van der Waals surface area contributed by atoms with E-state index in [1.165, 1.54) is 28.0 Å². The summed E-state index contributed by atoms with van der Waals surface area (Å²) in [5.41, 5.74) is 2.18. The summed E-state index contributed by atoms with van der Waals surface area (Å²) in [5, 5.41) is 6.79. The average molecular weight is 654 g/mol. The largest absolute Gasteiger partial charge is 0.326 e. The molecule has 13 heteroatoms. The molecule has 0 saturated heterocycles. The molecule has 8 nitrogen and oxygen atoms in total.